The normalized spacial score (nSPS) is 44.2. The first-order chi connectivity index (χ1) is 13.5. The topological polar surface area (TPSA) is 68.3 Å². The molecule has 5 fully saturated rings. The number of fused-ring (bicyclic) bond motifs is 5. The summed E-state index contributed by atoms with van der Waals surface area (Å²) >= 11 is 0. The number of halogens is 2. The molecule has 6 bridgehead atoms. The van der Waals surface area contributed by atoms with Crippen LogP contribution in [0, 0.1) is 5.92 Å². The zero-order valence-corrected chi connectivity index (χ0v) is 17.3. The first-order valence-corrected chi connectivity index (χ1v) is 12.4. The molecule has 4 atom stereocenters. The maximum Gasteiger partial charge on any atom is 0.307 e. The second-order valence-corrected chi connectivity index (χ2v) is 12.1. The van der Waals surface area contributed by atoms with Gasteiger partial charge >= 0.3 is 10.1 Å². The lowest BCUT2D eigenvalue weighted by Crippen LogP contribution is -2.65. The summed E-state index contributed by atoms with van der Waals surface area (Å²) in [5.74, 6) is 0.834. The van der Waals surface area contributed by atoms with Gasteiger partial charge in [0.1, 0.15) is 11.3 Å². The van der Waals surface area contributed by atoms with Crippen LogP contribution in [0.1, 0.15) is 80.8 Å². The van der Waals surface area contributed by atoms with Crippen molar-refractivity contribution in [3.8, 4) is 5.88 Å². The van der Waals surface area contributed by atoms with Gasteiger partial charge in [-0.15, -0.1) is 0 Å². The number of aromatic nitrogens is 1. The Labute approximate surface area is 169 Å². The van der Waals surface area contributed by atoms with E-state index in [0.717, 1.165) is 48.8 Å². The summed E-state index contributed by atoms with van der Waals surface area (Å²) in [6.45, 7) is 0. The van der Waals surface area contributed by atoms with Crippen LogP contribution in [0.5, 0.6) is 5.88 Å². The van der Waals surface area contributed by atoms with Gasteiger partial charge in [0.15, 0.2) is 0 Å². The minimum absolute atomic E-state index is 0.0299. The van der Waals surface area contributed by atoms with E-state index in [9.17, 15) is 8.42 Å². The zero-order chi connectivity index (χ0) is 20.2. The van der Waals surface area contributed by atoms with Crippen molar-refractivity contribution in [3.05, 3.63) is 17.3 Å². The predicted molar refractivity (Wildman–Crippen MR) is 104 cm³/mol. The molecule has 0 amide bonds. The van der Waals surface area contributed by atoms with Crippen molar-refractivity contribution in [3.63, 3.8) is 0 Å². The van der Waals surface area contributed by atoms with Crippen LogP contribution in [0.25, 0.3) is 0 Å². The van der Waals surface area contributed by atoms with Crippen molar-refractivity contribution in [2.75, 3.05) is 11.6 Å². The first kappa shape index (κ1) is 18.3. The Bertz CT molecular complexity index is 995. The van der Waals surface area contributed by atoms with E-state index < -0.39 is 27.0 Å². The summed E-state index contributed by atoms with van der Waals surface area (Å²) in [7, 11) is -3.67. The third-order valence-electron chi connectivity index (χ3n) is 7.93. The number of anilines is 1. The fourth-order valence-electron chi connectivity index (χ4n) is 7.80. The highest BCUT2D eigenvalue weighted by atomic mass is 32.2. The number of rotatable bonds is 4. The molecule has 5 saturated carbocycles. The minimum atomic E-state index is -3.67. The van der Waals surface area contributed by atoms with E-state index in [2.05, 4.69) is 10.3 Å². The fraction of sp³-hybridized carbons (Fsp3) is 0.762. The van der Waals surface area contributed by atoms with Crippen LogP contribution in [0.2, 0.25) is 0 Å². The molecule has 1 N–H and O–H groups in total. The van der Waals surface area contributed by atoms with Crippen LogP contribution in [0.15, 0.2) is 6.20 Å². The molecule has 1 aromatic rings. The maximum atomic E-state index is 15.4. The Kier molecular flexibility index (Phi) is 3.43. The summed E-state index contributed by atoms with van der Waals surface area (Å²) in [6.07, 6.45) is 8.10. The monoisotopic (exact) mass is 424 g/mol. The van der Waals surface area contributed by atoms with Gasteiger partial charge in [0.05, 0.1) is 18.1 Å². The van der Waals surface area contributed by atoms with Gasteiger partial charge in [-0.25, -0.2) is 13.8 Å². The van der Waals surface area contributed by atoms with E-state index in [-0.39, 0.29) is 24.1 Å². The van der Waals surface area contributed by atoms with Crippen molar-refractivity contribution < 1.29 is 21.4 Å². The zero-order valence-electron chi connectivity index (χ0n) is 16.5. The molecule has 6 aliphatic carbocycles. The summed E-state index contributed by atoms with van der Waals surface area (Å²) < 4.78 is 59.3. The summed E-state index contributed by atoms with van der Waals surface area (Å²) in [5, 5.41) is 3.56. The van der Waals surface area contributed by atoms with Crippen LogP contribution in [-0.2, 0) is 10.1 Å². The van der Waals surface area contributed by atoms with Gasteiger partial charge in [-0.1, -0.05) is 0 Å². The molecule has 1 heterocycles. The van der Waals surface area contributed by atoms with E-state index in [1.807, 2.05) is 0 Å². The van der Waals surface area contributed by atoms with E-state index in [1.54, 1.807) is 6.20 Å². The van der Waals surface area contributed by atoms with Gasteiger partial charge in [0, 0.05) is 30.4 Å². The van der Waals surface area contributed by atoms with Crippen molar-refractivity contribution in [2.45, 2.75) is 86.5 Å². The number of pyridine rings is 1. The maximum absolute atomic E-state index is 15.4. The molecule has 7 rings (SSSR count). The standard InChI is InChI=1S/C21H26F2N2O3S/c1-29(26,27)28-18-17-14-3-2-13(4-14)16(17)15(8-24-18)25-21-7-12-5-19(22,10-21)9-20(23,6-12)11-21/h8,12-14,25H,2-7,9-11H2,1H3. The molecule has 6 aliphatic rings. The van der Waals surface area contributed by atoms with Gasteiger partial charge in [0.25, 0.3) is 0 Å². The van der Waals surface area contributed by atoms with Gasteiger partial charge < -0.3 is 9.50 Å². The van der Waals surface area contributed by atoms with Crippen LogP contribution in [-0.4, -0.2) is 36.5 Å². The third-order valence-corrected chi connectivity index (χ3v) is 8.39. The average Bonchev–Trinajstić information content (AvgIpc) is 3.14. The second kappa shape index (κ2) is 5.42. The molecule has 158 valence electrons. The van der Waals surface area contributed by atoms with Gasteiger partial charge in [-0.3, -0.25) is 0 Å². The fourth-order valence-corrected chi connectivity index (χ4v) is 8.22. The third kappa shape index (κ3) is 2.81. The number of nitrogens with zero attached hydrogens (tertiary/aromatic N) is 1. The lowest BCUT2D eigenvalue weighted by Gasteiger charge is -2.61. The van der Waals surface area contributed by atoms with Crippen molar-refractivity contribution >= 4 is 15.8 Å². The largest absolute Gasteiger partial charge is 0.378 e. The first-order valence-electron chi connectivity index (χ1n) is 10.6. The highest BCUT2D eigenvalue weighted by Gasteiger charge is 2.65. The van der Waals surface area contributed by atoms with Gasteiger partial charge in [-0.2, -0.15) is 8.42 Å². The van der Waals surface area contributed by atoms with Crippen LogP contribution >= 0.6 is 0 Å². The Morgan fingerprint density at radius 2 is 1.72 bits per heavy atom. The lowest BCUT2D eigenvalue weighted by atomic mass is 9.50. The van der Waals surface area contributed by atoms with Crippen molar-refractivity contribution in [2.24, 2.45) is 5.92 Å². The predicted octanol–water partition coefficient (Wildman–Crippen LogP) is 4.35. The number of hydrogen-bond acceptors (Lipinski definition) is 5. The smallest absolute Gasteiger partial charge is 0.307 e. The van der Waals surface area contributed by atoms with Crippen LogP contribution in [0.4, 0.5) is 14.5 Å². The Morgan fingerprint density at radius 1 is 1.07 bits per heavy atom. The molecular formula is C21H26F2N2O3S. The molecular weight excluding hydrogens is 398 g/mol. The number of alkyl halides is 2. The molecule has 0 spiro atoms. The van der Waals surface area contributed by atoms with Crippen molar-refractivity contribution in [1.82, 2.24) is 4.98 Å². The number of hydrogen-bond donors (Lipinski definition) is 1. The molecule has 4 unspecified atom stereocenters. The van der Waals surface area contributed by atoms with Gasteiger partial charge in [-0.05, 0) is 61.8 Å². The Morgan fingerprint density at radius 3 is 2.34 bits per heavy atom. The van der Waals surface area contributed by atoms with Crippen LogP contribution < -0.4 is 9.50 Å². The van der Waals surface area contributed by atoms with E-state index in [1.165, 1.54) is 0 Å². The van der Waals surface area contributed by atoms with E-state index in [0.29, 0.717) is 31.6 Å². The van der Waals surface area contributed by atoms with E-state index >= 15 is 8.78 Å². The molecule has 29 heavy (non-hydrogen) atoms. The summed E-state index contributed by atoms with van der Waals surface area (Å²) in [4.78, 5) is 4.34. The summed E-state index contributed by atoms with van der Waals surface area (Å²) in [5.41, 5.74) is -0.661. The quantitative estimate of drug-likeness (QED) is 0.728. The average molecular weight is 425 g/mol. The molecule has 0 radical (unpaired) electrons. The van der Waals surface area contributed by atoms with Gasteiger partial charge in [0.2, 0.25) is 5.88 Å². The van der Waals surface area contributed by atoms with E-state index in [4.69, 9.17) is 4.18 Å². The molecule has 0 aromatic carbocycles. The number of nitrogens with one attached hydrogen (secondary N) is 1. The van der Waals surface area contributed by atoms with Crippen LogP contribution in [0.3, 0.4) is 0 Å². The Hall–Kier alpha value is -1.44. The molecule has 0 saturated heterocycles. The lowest BCUT2D eigenvalue weighted by molar-refractivity contribution is -0.137. The molecule has 0 aliphatic heterocycles. The highest BCUT2D eigenvalue weighted by molar-refractivity contribution is 7.86. The minimum Gasteiger partial charge on any atom is -0.378 e. The van der Waals surface area contributed by atoms with Crippen molar-refractivity contribution in [1.29, 1.82) is 0 Å². The summed E-state index contributed by atoms with van der Waals surface area (Å²) in [6, 6.07) is 0. The second-order valence-electron chi connectivity index (χ2n) is 10.5. The Balaban J connectivity index is 1.40. The molecule has 8 heteroatoms. The molecule has 5 nitrogen and oxygen atoms in total. The highest BCUT2D eigenvalue weighted by Crippen LogP contribution is 2.64. The SMILES string of the molecule is CS(=O)(=O)Oc1ncc(NC23CC4CC(F)(CC(F)(C4)C2)C3)c2c1C1CCC2C1. The molecule has 1 aromatic heterocycles.